The van der Waals surface area contributed by atoms with Crippen LogP contribution in [-0.4, -0.2) is 25.1 Å². The van der Waals surface area contributed by atoms with E-state index in [-0.39, 0.29) is 4.90 Å². The summed E-state index contributed by atoms with van der Waals surface area (Å²) in [6.45, 7) is 6.56. The van der Waals surface area contributed by atoms with Gasteiger partial charge in [-0.05, 0) is 45.9 Å². The lowest BCUT2D eigenvalue weighted by Gasteiger charge is -2.23. The molecule has 4 nitrogen and oxygen atoms in total. The van der Waals surface area contributed by atoms with Gasteiger partial charge in [-0.3, -0.25) is 4.79 Å². The van der Waals surface area contributed by atoms with E-state index in [1.54, 1.807) is 20.8 Å². The van der Waals surface area contributed by atoms with E-state index in [2.05, 4.69) is 5.32 Å². The Morgan fingerprint density at radius 1 is 1.32 bits per heavy atom. The molecule has 0 radical (unpaired) electrons. The summed E-state index contributed by atoms with van der Waals surface area (Å²) in [4.78, 5) is 11.7. The van der Waals surface area contributed by atoms with E-state index in [4.69, 9.17) is 0 Å². The molecular formula is C13H18FNO3S. The van der Waals surface area contributed by atoms with E-state index in [1.165, 1.54) is 19.1 Å². The Labute approximate surface area is 112 Å². The fourth-order valence-corrected chi connectivity index (χ4v) is 2.75. The Hall–Kier alpha value is -1.43. The maximum atomic E-state index is 13.1. The highest BCUT2D eigenvalue weighted by atomic mass is 32.2. The highest BCUT2D eigenvalue weighted by molar-refractivity contribution is 7.92. The molecule has 0 saturated carbocycles. The summed E-state index contributed by atoms with van der Waals surface area (Å²) in [7, 11) is -3.89. The Morgan fingerprint density at radius 3 is 2.37 bits per heavy atom. The zero-order valence-electron chi connectivity index (χ0n) is 11.4. The predicted molar refractivity (Wildman–Crippen MR) is 70.9 cm³/mol. The first kappa shape index (κ1) is 15.6. The van der Waals surface area contributed by atoms with Crippen molar-refractivity contribution in [3.05, 3.63) is 30.1 Å². The van der Waals surface area contributed by atoms with Crippen LogP contribution < -0.4 is 5.32 Å². The van der Waals surface area contributed by atoms with Crippen LogP contribution in [0.3, 0.4) is 0 Å². The lowest BCUT2D eigenvalue weighted by atomic mass is 10.1. The average Bonchev–Trinajstić information content (AvgIpc) is 2.25. The van der Waals surface area contributed by atoms with Crippen LogP contribution in [0.15, 0.2) is 29.2 Å². The van der Waals surface area contributed by atoms with Crippen molar-refractivity contribution >= 4 is 15.7 Å². The van der Waals surface area contributed by atoms with Crippen molar-refractivity contribution in [2.45, 2.75) is 43.4 Å². The minimum absolute atomic E-state index is 0.191. The second-order valence-corrected chi connectivity index (χ2v) is 7.65. The molecule has 0 saturated heterocycles. The van der Waals surface area contributed by atoms with Crippen molar-refractivity contribution in [3.63, 3.8) is 0 Å². The summed E-state index contributed by atoms with van der Waals surface area (Å²) in [5.74, 6) is -1.25. The van der Waals surface area contributed by atoms with Crippen molar-refractivity contribution in [1.82, 2.24) is 5.32 Å². The van der Waals surface area contributed by atoms with Gasteiger partial charge < -0.3 is 5.32 Å². The van der Waals surface area contributed by atoms with Gasteiger partial charge in [-0.2, -0.15) is 0 Å². The van der Waals surface area contributed by atoms with Crippen molar-refractivity contribution in [3.8, 4) is 0 Å². The molecule has 1 aromatic carbocycles. The first-order chi connectivity index (χ1) is 8.54. The average molecular weight is 287 g/mol. The number of rotatable bonds is 3. The molecule has 1 rings (SSSR count). The molecule has 0 aliphatic heterocycles. The van der Waals surface area contributed by atoms with E-state index in [0.29, 0.717) is 0 Å². The maximum Gasteiger partial charge on any atom is 0.238 e. The normalized spacial score (nSPS) is 13.9. The number of nitrogens with one attached hydrogen (secondary N) is 1. The lowest BCUT2D eigenvalue weighted by molar-refractivity contribution is -0.121. The fourth-order valence-electron chi connectivity index (χ4n) is 1.46. The number of hydrogen-bond acceptors (Lipinski definition) is 3. The maximum absolute atomic E-state index is 13.1. The molecule has 0 aliphatic rings. The highest BCUT2D eigenvalue weighted by Crippen LogP contribution is 2.17. The molecule has 0 spiro atoms. The van der Waals surface area contributed by atoms with Gasteiger partial charge in [0.2, 0.25) is 5.91 Å². The predicted octanol–water partition coefficient (Wildman–Crippen LogP) is 1.90. The molecule has 1 N–H and O–H groups in total. The van der Waals surface area contributed by atoms with E-state index < -0.39 is 32.4 Å². The molecule has 1 atom stereocenters. The second kappa shape index (κ2) is 5.28. The van der Waals surface area contributed by atoms with Crippen molar-refractivity contribution < 1.29 is 17.6 Å². The van der Waals surface area contributed by atoms with Gasteiger partial charge in [0.05, 0.1) is 4.90 Å². The van der Waals surface area contributed by atoms with E-state index in [0.717, 1.165) is 12.1 Å². The third-order valence-corrected chi connectivity index (χ3v) is 4.51. The third-order valence-electron chi connectivity index (χ3n) is 2.46. The van der Waals surface area contributed by atoms with Gasteiger partial charge in [-0.1, -0.05) is 6.07 Å². The van der Waals surface area contributed by atoms with Crippen LogP contribution in [0.1, 0.15) is 27.7 Å². The number of halogens is 1. The Morgan fingerprint density at radius 2 is 1.89 bits per heavy atom. The fraction of sp³-hybridized carbons (Fsp3) is 0.462. The number of carbonyl (C=O) groups is 1. The first-order valence-corrected chi connectivity index (χ1v) is 7.40. The molecule has 0 bridgehead atoms. The molecular weight excluding hydrogens is 269 g/mol. The van der Waals surface area contributed by atoms with Crippen molar-refractivity contribution in [2.24, 2.45) is 0 Å². The van der Waals surface area contributed by atoms with Gasteiger partial charge >= 0.3 is 0 Å². The molecule has 19 heavy (non-hydrogen) atoms. The smallest absolute Gasteiger partial charge is 0.238 e. The standard InChI is InChI=1S/C13H18FNO3S/c1-9(12(16)15-13(2,3)4)19(17,18)11-7-5-6-10(14)8-11/h5-9H,1-4H3,(H,15,16). The summed E-state index contributed by atoms with van der Waals surface area (Å²) in [5.41, 5.74) is -0.525. The zero-order valence-corrected chi connectivity index (χ0v) is 12.2. The molecule has 0 aromatic heterocycles. The molecule has 6 heteroatoms. The minimum atomic E-state index is -3.89. The Balaban J connectivity index is 3.04. The number of amides is 1. The minimum Gasteiger partial charge on any atom is -0.350 e. The number of hydrogen-bond donors (Lipinski definition) is 1. The molecule has 0 aliphatic carbocycles. The van der Waals surface area contributed by atoms with Gasteiger partial charge in [-0.15, -0.1) is 0 Å². The Kier molecular flexibility index (Phi) is 4.35. The number of carbonyl (C=O) groups excluding carboxylic acids is 1. The molecule has 0 heterocycles. The summed E-state index contributed by atoms with van der Waals surface area (Å²) < 4.78 is 37.4. The van der Waals surface area contributed by atoms with E-state index >= 15 is 0 Å². The highest BCUT2D eigenvalue weighted by Gasteiger charge is 2.31. The van der Waals surface area contributed by atoms with Crippen LogP contribution in [0.2, 0.25) is 0 Å². The Bertz CT molecular complexity index is 576. The summed E-state index contributed by atoms with van der Waals surface area (Å²) in [5, 5.41) is 1.33. The van der Waals surface area contributed by atoms with Crippen LogP contribution in [0.5, 0.6) is 0 Å². The molecule has 106 valence electrons. The van der Waals surface area contributed by atoms with Crippen LogP contribution in [0, 0.1) is 5.82 Å². The first-order valence-electron chi connectivity index (χ1n) is 5.85. The van der Waals surface area contributed by atoms with Crippen LogP contribution in [-0.2, 0) is 14.6 Å². The van der Waals surface area contributed by atoms with Crippen LogP contribution >= 0.6 is 0 Å². The van der Waals surface area contributed by atoms with Crippen molar-refractivity contribution in [1.29, 1.82) is 0 Å². The third kappa shape index (κ3) is 4.02. The quantitative estimate of drug-likeness (QED) is 0.923. The van der Waals surface area contributed by atoms with E-state index in [1.807, 2.05) is 0 Å². The van der Waals surface area contributed by atoms with Gasteiger partial charge in [-0.25, -0.2) is 12.8 Å². The monoisotopic (exact) mass is 287 g/mol. The zero-order chi connectivity index (χ0) is 14.8. The summed E-state index contributed by atoms with van der Waals surface area (Å²) >= 11 is 0. The number of sulfone groups is 1. The van der Waals surface area contributed by atoms with E-state index in [9.17, 15) is 17.6 Å². The summed E-state index contributed by atoms with van der Waals surface area (Å²) in [6, 6.07) is 4.64. The second-order valence-electron chi connectivity index (χ2n) is 5.38. The van der Waals surface area contributed by atoms with Gasteiger partial charge in [0.15, 0.2) is 9.84 Å². The van der Waals surface area contributed by atoms with Gasteiger partial charge in [0.1, 0.15) is 11.1 Å². The van der Waals surface area contributed by atoms with Gasteiger partial charge in [0, 0.05) is 5.54 Å². The van der Waals surface area contributed by atoms with Crippen LogP contribution in [0.4, 0.5) is 4.39 Å². The topological polar surface area (TPSA) is 63.2 Å². The SMILES string of the molecule is CC(C(=O)NC(C)(C)C)S(=O)(=O)c1cccc(F)c1. The molecule has 1 unspecified atom stereocenters. The summed E-state index contributed by atoms with van der Waals surface area (Å²) in [6.07, 6.45) is 0. The van der Waals surface area contributed by atoms with Crippen molar-refractivity contribution in [2.75, 3.05) is 0 Å². The van der Waals surface area contributed by atoms with Crippen LogP contribution in [0.25, 0.3) is 0 Å². The largest absolute Gasteiger partial charge is 0.350 e. The van der Waals surface area contributed by atoms with Gasteiger partial charge in [0.25, 0.3) is 0 Å². The molecule has 0 fully saturated rings. The molecule has 1 aromatic rings. The molecule has 1 amide bonds. The number of benzene rings is 1. The lowest BCUT2D eigenvalue weighted by Crippen LogP contribution is -2.47.